The summed E-state index contributed by atoms with van der Waals surface area (Å²) in [5.74, 6) is 1.40. The van der Waals surface area contributed by atoms with Gasteiger partial charge in [-0.2, -0.15) is 0 Å². The van der Waals surface area contributed by atoms with E-state index in [2.05, 4.69) is 19.2 Å². The molecule has 2 aliphatic heterocycles. The van der Waals surface area contributed by atoms with Crippen molar-refractivity contribution in [2.75, 3.05) is 11.6 Å². The minimum Gasteiger partial charge on any atom is -0.353 e. The summed E-state index contributed by atoms with van der Waals surface area (Å²) in [5.41, 5.74) is 0. The molecule has 0 radical (unpaired) electrons. The standard InChI is InChI=1S/C15H23ClN2O2S2/c1-9(2)12-8-22-15(21)18(12)14(20)10(6-7-16)11-4-3-5-13(19)17-11/h9-12H,3-8H2,1-2H3,(H,17,19)/t10-,11+,12-/m1/s1. The minimum atomic E-state index is -0.278. The Morgan fingerprint density at radius 1 is 1.55 bits per heavy atom. The number of rotatable bonds is 5. The van der Waals surface area contributed by atoms with Crippen molar-refractivity contribution in [1.82, 2.24) is 10.2 Å². The third kappa shape index (κ3) is 3.95. The van der Waals surface area contributed by atoms with Gasteiger partial charge in [-0.15, -0.1) is 11.6 Å². The highest BCUT2D eigenvalue weighted by atomic mass is 35.5. The number of nitrogens with one attached hydrogen (secondary N) is 1. The first-order valence-corrected chi connectivity index (χ1v) is 9.73. The van der Waals surface area contributed by atoms with E-state index in [1.165, 1.54) is 0 Å². The third-order valence-electron chi connectivity index (χ3n) is 4.40. The van der Waals surface area contributed by atoms with Crippen molar-refractivity contribution in [2.24, 2.45) is 11.8 Å². The van der Waals surface area contributed by atoms with Gasteiger partial charge < -0.3 is 5.32 Å². The molecule has 0 aliphatic carbocycles. The quantitative estimate of drug-likeness (QED) is 0.603. The van der Waals surface area contributed by atoms with Crippen molar-refractivity contribution in [3.8, 4) is 0 Å². The van der Waals surface area contributed by atoms with Gasteiger partial charge in [0.05, 0.1) is 5.92 Å². The molecule has 2 aliphatic rings. The van der Waals surface area contributed by atoms with Gasteiger partial charge in [0.15, 0.2) is 0 Å². The lowest BCUT2D eigenvalue weighted by atomic mass is 9.88. The molecule has 1 N–H and O–H groups in total. The highest BCUT2D eigenvalue weighted by molar-refractivity contribution is 8.23. The van der Waals surface area contributed by atoms with E-state index in [0.29, 0.717) is 29.0 Å². The predicted molar refractivity (Wildman–Crippen MR) is 95.1 cm³/mol. The van der Waals surface area contributed by atoms with Gasteiger partial charge in [-0.1, -0.05) is 37.8 Å². The van der Waals surface area contributed by atoms with E-state index >= 15 is 0 Å². The first-order chi connectivity index (χ1) is 10.5. The van der Waals surface area contributed by atoms with Crippen LogP contribution in [0.15, 0.2) is 0 Å². The average Bonchev–Trinajstić information content (AvgIpc) is 2.86. The number of alkyl halides is 1. The average molecular weight is 363 g/mol. The summed E-state index contributed by atoms with van der Waals surface area (Å²) in [6.07, 6.45) is 2.78. The van der Waals surface area contributed by atoms with E-state index in [1.54, 1.807) is 16.7 Å². The van der Waals surface area contributed by atoms with Gasteiger partial charge in [0, 0.05) is 30.1 Å². The van der Waals surface area contributed by atoms with E-state index in [-0.39, 0.29) is 29.8 Å². The number of carbonyl (C=O) groups is 2. The molecule has 7 heteroatoms. The second-order valence-electron chi connectivity index (χ2n) is 6.25. The van der Waals surface area contributed by atoms with Crippen molar-refractivity contribution >= 4 is 51.7 Å². The predicted octanol–water partition coefficient (Wildman–Crippen LogP) is 2.79. The molecule has 124 valence electrons. The third-order valence-corrected chi connectivity index (χ3v) is 6.12. The van der Waals surface area contributed by atoms with Crippen LogP contribution in [0.4, 0.5) is 0 Å². The topological polar surface area (TPSA) is 49.4 Å². The van der Waals surface area contributed by atoms with Crippen LogP contribution in [0.2, 0.25) is 0 Å². The van der Waals surface area contributed by atoms with Crippen LogP contribution in [-0.4, -0.2) is 44.8 Å². The van der Waals surface area contributed by atoms with Gasteiger partial charge in [0.25, 0.3) is 0 Å². The van der Waals surface area contributed by atoms with E-state index in [9.17, 15) is 9.59 Å². The zero-order valence-electron chi connectivity index (χ0n) is 13.0. The maximum atomic E-state index is 13.1. The lowest BCUT2D eigenvalue weighted by Gasteiger charge is -2.35. The molecule has 4 nitrogen and oxygen atoms in total. The molecule has 2 saturated heterocycles. The lowest BCUT2D eigenvalue weighted by molar-refractivity contribution is -0.135. The molecule has 2 fully saturated rings. The number of amides is 2. The van der Waals surface area contributed by atoms with E-state index in [4.69, 9.17) is 23.8 Å². The van der Waals surface area contributed by atoms with E-state index < -0.39 is 0 Å². The zero-order chi connectivity index (χ0) is 16.3. The summed E-state index contributed by atoms with van der Waals surface area (Å²) in [4.78, 5) is 26.5. The monoisotopic (exact) mass is 362 g/mol. The molecule has 22 heavy (non-hydrogen) atoms. The van der Waals surface area contributed by atoms with Gasteiger partial charge in [-0.05, 0) is 25.2 Å². The van der Waals surface area contributed by atoms with Crippen LogP contribution in [0.3, 0.4) is 0 Å². The van der Waals surface area contributed by atoms with Crippen LogP contribution in [0.5, 0.6) is 0 Å². The number of halogens is 1. The lowest BCUT2D eigenvalue weighted by Crippen LogP contribution is -2.52. The normalized spacial score (nSPS) is 27.2. The Morgan fingerprint density at radius 3 is 2.86 bits per heavy atom. The number of thioether (sulfide) groups is 1. The summed E-state index contributed by atoms with van der Waals surface area (Å²) in [7, 11) is 0. The largest absolute Gasteiger partial charge is 0.353 e. The Kier molecular flexibility index (Phi) is 6.53. The molecular formula is C15H23ClN2O2S2. The fourth-order valence-electron chi connectivity index (χ4n) is 3.11. The molecule has 0 bridgehead atoms. The number of piperidine rings is 1. The molecule has 0 aromatic carbocycles. The number of nitrogens with zero attached hydrogens (tertiary/aromatic N) is 1. The molecule has 2 amide bonds. The highest BCUT2D eigenvalue weighted by Gasteiger charge is 2.41. The highest BCUT2D eigenvalue weighted by Crippen LogP contribution is 2.32. The fourth-order valence-corrected chi connectivity index (χ4v) is 4.98. The van der Waals surface area contributed by atoms with Crippen LogP contribution < -0.4 is 5.32 Å². The van der Waals surface area contributed by atoms with Gasteiger partial charge >= 0.3 is 0 Å². The van der Waals surface area contributed by atoms with Crippen LogP contribution in [-0.2, 0) is 9.59 Å². The maximum Gasteiger partial charge on any atom is 0.233 e. The molecule has 0 unspecified atom stereocenters. The molecule has 0 aromatic heterocycles. The van der Waals surface area contributed by atoms with Crippen molar-refractivity contribution < 1.29 is 9.59 Å². The van der Waals surface area contributed by atoms with E-state index in [1.807, 2.05) is 0 Å². The van der Waals surface area contributed by atoms with Crippen LogP contribution in [0, 0.1) is 11.8 Å². The molecule has 0 spiro atoms. The van der Waals surface area contributed by atoms with Crippen LogP contribution in [0.25, 0.3) is 0 Å². The summed E-state index contributed by atoms with van der Waals surface area (Å²) >= 11 is 12.9. The molecule has 3 atom stereocenters. The Labute approximate surface area is 146 Å². The smallest absolute Gasteiger partial charge is 0.233 e. The molecular weight excluding hydrogens is 340 g/mol. The van der Waals surface area contributed by atoms with Crippen LogP contribution >= 0.6 is 35.6 Å². The van der Waals surface area contributed by atoms with Crippen molar-refractivity contribution in [3.63, 3.8) is 0 Å². The SMILES string of the molecule is CC(C)[C@H]1CSC(=S)N1C(=O)[C@H](CCCl)[C@@H]1CCCC(=O)N1. The van der Waals surface area contributed by atoms with Gasteiger partial charge in [0.2, 0.25) is 11.8 Å². The Morgan fingerprint density at radius 2 is 2.27 bits per heavy atom. The summed E-state index contributed by atoms with van der Waals surface area (Å²) in [5, 5.41) is 2.97. The fraction of sp³-hybridized carbons (Fsp3) is 0.800. The Hall–Kier alpha value is -0.330. The Bertz CT molecular complexity index is 459. The summed E-state index contributed by atoms with van der Waals surface area (Å²) < 4.78 is 0.658. The van der Waals surface area contributed by atoms with Gasteiger partial charge in [-0.3, -0.25) is 14.5 Å². The van der Waals surface area contributed by atoms with Crippen LogP contribution in [0.1, 0.15) is 39.5 Å². The first kappa shape index (κ1) is 18.0. The number of hydrogen-bond acceptors (Lipinski definition) is 4. The number of carbonyl (C=O) groups excluding carboxylic acids is 2. The van der Waals surface area contributed by atoms with E-state index in [0.717, 1.165) is 18.6 Å². The summed E-state index contributed by atoms with van der Waals surface area (Å²) in [6, 6.07) is 0.0239. The van der Waals surface area contributed by atoms with Crippen molar-refractivity contribution in [2.45, 2.75) is 51.6 Å². The zero-order valence-corrected chi connectivity index (χ0v) is 15.4. The molecule has 2 heterocycles. The molecule has 0 saturated carbocycles. The molecule has 0 aromatic rings. The number of thiocarbonyl (C=S) groups is 1. The maximum absolute atomic E-state index is 13.1. The number of hydrogen-bond donors (Lipinski definition) is 1. The van der Waals surface area contributed by atoms with Gasteiger partial charge in [0.1, 0.15) is 4.32 Å². The second-order valence-corrected chi connectivity index (χ2v) is 8.28. The second kappa shape index (κ2) is 7.97. The van der Waals surface area contributed by atoms with Crippen molar-refractivity contribution in [3.05, 3.63) is 0 Å². The molecule has 2 rings (SSSR count). The minimum absolute atomic E-state index is 0.0292. The summed E-state index contributed by atoms with van der Waals surface area (Å²) in [6.45, 7) is 4.22. The Balaban J connectivity index is 2.17. The van der Waals surface area contributed by atoms with Gasteiger partial charge in [-0.25, -0.2) is 0 Å². The first-order valence-electron chi connectivity index (χ1n) is 7.80. The van der Waals surface area contributed by atoms with Crippen molar-refractivity contribution in [1.29, 1.82) is 0 Å².